The monoisotopic (exact) mass is 483 g/mol. The third-order valence-corrected chi connectivity index (χ3v) is 6.07. The van der Waals surface area contributed by atoms with Gasteiger partial charge in [0.2, 0.25) is 5.88 Å². The lowest BCUT2D eigenvalue weighted by Gasteiger charge is -2.19. The molecule has 1 unspecified atom stereocenters. The van der Waals surface area contributed by atoms with E-state index in [9.17, 15) is 9.59 Å². The second-order valence-corrected chi connectivity index (χ2v) is 8.70. The van der Waals surface area contributed by atoms with Gasteiger partial charge in [0.05, 0.1) is 18.8 Å². The minimum atomic E-state index is -0.752. The smallest absolute Gasteiger partial charge is 0.350 e. The number of halogens is 1. The Morgan fingerprint density at radius 2 is 2.11 bits per heavy atom. The van der Waals surface area contributed by atoms with Crippen LogP contribution in [0.4, 0.5) is 10.1 Å². The molecule has 0 aliphatic carbocycles. The van der Waals surface area contributed by atoms with Crippen molar-refractivity contribution in [1.29, 1.82) is 0 Å². The summed E-state index contributed by atoms with van der Waals surface area (Å²) >= 11 is 0. The van der Waals surface area contributed by atoms with E-state index in [2.05, 4.69) is 15.4 Å². The first-order valence-electron chi connectivity index (χ1n) is 11.8. The molecular weight excluding hydrogens is 453 g/mol. The summed E-state index contributed by atoms with van der Waals surface area (Å²) in [5.41, 5.74) is 0.659. The maximum Gasteiger partial charge on any atom is 0.350 e. The number of hydrogen-bond donors (Lipinski definition) is 1. The Hall–Kier alpha value is -3.69. The minimum absolute atomic E-state index is 0.00321. The predicted molar refractivity (Wildman–Crippen MR) is 129 cm³/mol. The number of pyridine rings is 1. The molecule has 0 bridgehead atoms. The van der Waals surface area contributed by atoms with Gasteiger partial charge in [-0.05, 0) is 50.8 Å². The summed E-state index contributed by atoms with van der Waals surface area (Å²) in [6, 6.07) is 4.20. The molecular formula is C25H30FN5O4. The molecule has 2 aromatic heterocycles. The summed E-state index contributed by atoms with van der Waals surface area (Å²) in [6.45, 7) is 6.26. The quantitative estimate of drug-likeness (QED) is 0.519. The number of carbonyl (C=O) groups excluding carboxylic acids is 1. The lowest BCUT2D eigenvalue weighted by molar-refractivity contribution is 0.101. The third kappa shape index (κ3) is 4.91. The first-order valence-corrected chi connectivity index (χ1v) is 11.8. The number of hydrogen-bond acceptors (Lipinski definition) is 6. The Balaban J connectivity index is 1.78. The predicted octanol–water partition coefficient (Wildman–Crippen LogP) is 4.04. The first-order chi connectivity index (χ1) is 16.8. The largest absolute Gasteiger partial charge is 0.490 e. The number of aromatic nitrogens is 4. The standard InChI is InChI=1S/C25H30FN5O4/c1-5-8-16(3)35-20-14-19(31-25(33)30-12-7-6-9-21(30)29-31)18(26)13-17(20)23(32)28-22-15(2)10-11-27-24(22)34-4/h10-11,13-14,16H,5-9,12H2,1-4H3,(H,28,32). The minimum Gasteiger partial charge on any atom is -0.490 e. The number of fused-ring (bicyclic) bond motifs is 1. The fraction of sp³-hybridized carbons (Fsp3) is 0.440. The highest BCUT2D eigenvalue weighted by Crippen LogP contribution is 2.30. The summed E-state index contributed by atoms with van der Waals surface area (Å²) < 4.78 is 29.3. The van der Waals surface area contributed by atoms with Crippen LogP contribution in [0.2, 0.25) is 0 Å². The first kappa shape index (κ1) is 24.4. The van der Waals surface area contributed by atoms with Crippen LogP contribution in [-0.4, -0.2) is 38.5 Å². The van der Waals surface area contributed by atoms with Crippen LogP contribution >= 0.6 is 0 Å². The lowest BCUT2D eigenvalue weighted by atomic mass is 10.1. The fourth-order valence-corrected chi connectivity index (χ4v) is 4.24. The van der Waals surface area contributed by atoms with E-state index in [1.807, 2.05) is 13.8 Å². The Morgan fingerprint density at radius 1 is 1.31 bits per heavy atom. The van der Waals surface area contributed by atoms with E-state index in [4.69, 9.17) is 9.47 Å². The van der Waals surface area contributed by atoms with Crippen LogP contribution in [-0.2, 0) is 13.0 Å². The molecule has 3 aromatic rings. The van der Waals surface area contributed by atoms with E-state index < -0.39 is 17.4 Å². The fourth-order valence-electron chi connectivity index (χ4n) is 4.24. The summed E-state index contributed by atoms with van der Waals surface area (Å²) in [5.74, 6) is -0.299. The number of rotatable bonds is 8. The van der Waals surface area contributed by atoms with E-state index in [0.29, 0.717) is 24.5 Å². The molecule has 0 saturated heterocycles. The van der Waals surface area contributed by atoms with Crippen molar-refractivity contribution in [2.24, 2.45) is 0 Å². The van der Waals surface area contributed by atoms with Gasteiger partial charge in [-0.1, -0.05) is 13.3 Å². The van der Waals surface area contributed by atoms with Crippen molar-refractivity contribution in [1.82, 2.24) is 19.3 Å². The van der Waals surface area contributed by atoms with Gasteiger partial charge in [0, 0.05) is 25.2 Å². The molecule has 3 heterocycles. The van der Waals surface area contributed by atoms with Gasteiger partial charge in [-0.15, -0.1) is 5.10 Å². The number of carbonyl (C=O) groups is 1. The number of aryl methyl sites for hydroxylation is 2. The highest BCUT2D eigenvalue weighted by molar-refractivity contribution is 6.07. The normalized spacial score (nSPS) is 13.7. The Kier molecular flexibility index (Phi) is 7.18. The number of ether oxygens (including phenoxy) is 2. The molecule has 1 aliphatic heterocycles. The summed E-state index contributed by atoms with van der Waals surface area (Å²) in [4.78, 5) is 30.3. The lowest BCUT2D eigenvalue weighted by Crippen LogP contribution is -2.27. The maximum absolute atomic E-state index is 15.4. The molecule has 4 rings (SSSR count). The Morgan fingerprint density at radius 3 is 2.83 bits per heavy atom. The second kappa shape index (κ2) is 10.3. The van der Waals surface area contributed by atoms with Gasteiger partial charge in [0.15, 0.2) is 0 Å². The molecule has 0 saturated carbocycles. The molecule has 0 radical (unpaired) electrons. The average Bonchev–Trinajstić information content (AvgIpc) is 3.17. The summed E-state index contributed by atoms with van der Waals surface area (Å²) in [6.07, 6.45) is 5.41. The molecule has 1 atom stereocenters. The zero-order valence-electron chi connectivity index (χ0n) is 20.4. The molecule has 35 heavy (non-hydrogen) atoms. The van der Waals surface area contributed by atoms with Crippen molar-refractivity contribution in [3.8, 4) is 17.3 Å². The molecule has 10 heteroatoms. The van der Waals surface area contributed by atoms with Crippen LogP contribution in [0, 0.1) is 12.7 Å². The molecule has 1 aliphatic rings. The highest BCUT2D eigenvalue weighted by atomic mass is 19.1. The van der Waals surface area contributed by atoms with Gasteiger partial charge in [-0.2, -0.15) is 4.68 Å². The van der Waals surface area contributed by atoms with Crippen molar-refractivity contribution in [2.45, 2.75) is 65.5 Å². The topological polar surface area (TPSA) is 100 Å². The Labute approximate surface area is 202 Å². The number of nitrogens with zero attached hydrogens (tertiary/aromatic N) is 4. The number of methoxy groups -OCH3 is 1. The van der Waals surface area contributed by atoms with Gasteiger partial charge in [-0.3, -0.25) is 9.36 Å². The van der Waals surface area contributed by atoms with Crippen molar-refractivity contribution >= 4 is 11.6 Å². The third-order valence-electron chi connectivity index (χ3n) is 6.07. The van der Waals surface area contributed by atoms with E-state index in [-0.39, 0.29) is 29.0 Å². The number of anilines is 1. The molecule has 0 spiro atoms. The number of nitrogens with one attached hydrogen (secondary N) is 1. The zero-order valence-corrected chi connectivity index (χ0v) is 20.4. The Bertz CT molecular complexity index is 1300. The zero-order chi connectivity index (χ0) is 25.1. The molecule has 0 fully saturated rings. The SMILES string of the molecule is CCCC(C)Oc1cc(-n2nc3n(c2=O)CCCC3)c(F)cc1C(=O)Nc1c(C)ccnc1OC. The van der Waals surface area contributed by atoms with Gasteiger partial charge in [0.25, 0.3) is 5.91 Å². The summed E-state index contributed by atoms with van der Waals surface area (Å²) in [5, 5.41) is 7.13. The number of benzene rings is 1. The molecule has 1 amide bonds. The van der Waals surface area contributed by atoms with E-state index in [0.717, 1.165) is 42.0 Å². The molecule has 1 aromatic carbocycles. The van der Waals surface area contributed by atoms with Crippen molar-refractivity contribution in [3.63, 3.8) is 0 Å². The van der Waals surface area contributed by atoms with Crippen LogP contribution < -0.4 is 20.5 Å². The van der Waals surface area contributed by atoms with Crippen molar-refractivity contribution in [2.75, 3.05) is 12.4 Å². The second-order valence-electron chi connectivity index (χ2n) is 8.70. The van der Waals surface area contributed by atoms with E-state index >= 15 is 4.39 Å². The van der Waals surface area contributed by atoms with Gasteiger partial charge < -0.3 is 14.8 Å². The highest BCUT2D eigenvalue weighted by Gasteiger charge is 2.25. The van der Waals surface area contributed by atoms with Gasteiger partial charge in [0.1, 0.15) is 28.8 Å². The van der Waals surface area contributed by atoms with Crippen LogP contribution in [0.1, 0.15) is 61.3 Å². The maximum atomic E-state index is 15.4. The van der Waals surface area contributed by atoms with Crippen molar-refractivity contribution in [3.05, 3.63) is 57.6 Å². The van der Waals surface area contributed by atoms with Crippen LogP contribution in [0.15, 0.2) is 29.2 Å². The molecule has 9 nitrogen and oxygen atoms in total. The van der Waals surface area contributed by atoms with Crippen LogP contribution in [0.3, 0.4) is 0 Å². The molecule has 1 N–H and O–H groups in total. The van der Waals surface area contributed by atoms with Crippen LogP contribution in [0.25, 0.3) is 5.69 Å². The van der Waals surface area contributed by atoms with E-state index in [1.54, 1.807) is 23.8 Å². The van der Waals surface area contributed by atoms with Crippen molar-refractivity contribution < 1.29 is 18.7 Å². The van der Waals surface area contributed by atoms with Gasteiger partial charge >= 0.3 is 5.69 Å². The molecule has 186 valence electrons. The summed E-state index contributed by atoms with van der Waals surface area (Å²) in [7, 11) is 1.45. The van der Waals surface area contributed by atoms with E-state index in [1.165, 1.54) is 13.2 Å². The average molecular weight is 484 g/mol. The number of amides is 1. The van der Waals surface area contributed by atoms with Gasteiger partial charge in [-0.25, -0.2) is 14.2 Å². The van der Waals surface area contributed by atoms with Crippen LogP contribution in [0.5, 0.6) is 11.6 Å².